The van der Waals surface area contributed by atoms with Crippen molar-refractivity contribution in [1.82, 2.24) is 10.0 Å². The van der Waals surface area contributed by atoms with Crippen molar-refractivity contribution in [3.8, 4) is 11.5 Å². The number of carbonyl (C=O) groups excluding carboxylic acids is 2. The van der Waals surface area contributed by atoms with E-state index in [1.54, 1.807) is 6.07 Å². The number of nitrogens with zero attached hydrogens (tertiary/aromatic N) is 2. The van der Waals surface area contributed by atoms with E-state index in [0.29, 0.717) is 6.42 Å². The minimum absolute atomic E-state index is 0.0433. The highest BCUT2D eigenvalue weighted by atomic mass is 35.5. The van der Waals surface area contributed by atoms with Gasteiger partial charge < -0.3 is 9.47 Å². The smallest absolute Gasteiger partial charge is 0.284 e. The molecule has 1 aliphatic heterocycles. The highest BCUT2D eigenvalue weighted by Crippen LogP contribution is 2.38. The fraction of sp³-hybridized carbons (Fsp3) is 0.333. The molecule has 1 fully saturated rings. The topological polar surface area (TPSA) is 93.2 Å². The number of amides is 2. The SMILES string of the molecule is COc1ccc(Cl)c(OC)c1C(=O)N1CCCN1C(=O)c1scc(S(C)(=O)=O)c1Cl. The Morgan fingerprint density at radius 3 is 2.23 bits per heavy atom. The molecule has 12 heteroatoms. The van der Waals surface area contributed by atoms with Gasteiger partial charge in [0.2, 0.25) is 0 Å². The molecule has 0 N–H and O–H groups in total. The first-order chi connectivity index (χ1) is 14.1. The van der Waals surface area contributed by atoms with Gasteiger partial charge in [-0.1, -0.05) is 23.2 Å². The largest absolute Gasteiger partial charge is 0.496 e. The lowest BCUT2D eigenvalue weighted by molar-refractivity contribution is 0.0185. The summed E-state index contributed by atoms with van der Waals surface area (Å²) in [5.41, 5.74) is 0.0845. The molecular weight excluding hydrogens is 475 g/mol. The fourth-order valence-electron chi connectivity index (χ4n) is 3.11. The number of carbonyl (C=O) groups is 2. The molecule has 0 unspecified atom stereocenters. The minimum atomic E-state index is -3.59. The van der Waals surface area contributed by atoms with Crippen LogP contribution in [0.5, 0.6) is 11.5 Å². The van der Waals surface area contributed by atoms with Crippen LogP contribution < -0.4 is 9.47 Å². The van der Waals surface area contributed by atoms with Gasteiger partial charge in [0.1, 0.15) is 16.2 Å². The van der Waals surface area contributed by atoms with Crippen molar-refractivity contribution in [2.24, 2.45) is 0 Å². The molecule has 30 heavy (non-hydrogen) atoms. The van der Waals surface area contributed by atoms with Crippen molar-refractivity contribution in [3.05, 3.63) is 38.0 Å². The summed E-state index contributed by atoms with van der Waals surface area (Å²) in [7, 11) is -0.801. The van der Waals surface area contributed by atoms with Crippen molar-refractivity contribution in [1.29, 1.82) is 0 Å². The number of methoxy groups -OCH3 is 2. The molecule has 0 radical (unpaired) electrons. The number of halogens is 2. The molecule has 2 aromatic rings. The van der Waals surface area contributed by atoms with Crippen LogP contribution in [-0.4, -0.2) is 63.8 Å². The van der Waals surface area contributed by atoms with Gasteiger partial charge in [-0.15, -0.1) is 11.3 Å². The standard InChI is InChI=1S/C18H18Cl2N2O6S2/c1-27-11-6-5-10(19)15(28-2)13(11)17(23)21-7-4-8-22(21)18(24)16-14(20)12(9-29-16)30(3,25)26/h5-6,9H,4,7-8H2,1-3H3. The maximum atomic E-state index is 13.3. The monoisotopic (exact) mass is 492 g/mol. The molecule has 0 aliphatic carbocycles. The summed E-state index contributed by atoms with van der Waals surface area (Å²) in [5, 5.41) is 3.89. The molecule has 1 aromatic carbocycles. The Bertz CT molecular complexity index is 1120. The average molecular weight is 493 g/mol. The van der Waals surface area contributed by atoms with Gasteiger partial charge >= 0.3 is 0 Å². The fourth-order valence-corrected chi connectivity index (χ4v) is 6.20. The molecule has 3 rings (SSSR count). The number of ether oxygens (including phenoxy) is 2. The first-order valence-electron chi connectivity index (χ1n) is 8.63. The lowest BCUT2D eigenvalue weighted by atomic mass is 10.1. The van der Waals surface area contributed by atoms with Crippen LogP contribution in [0, 0.1) is 0 Å². The summed E-state index contributed by atoms with van der Waals surface area (Å²) < 4.78 is 34.2. The summed E-state index contributed by atoms with van der Waals surface area (Å²) in [5.74, 6) is -0.721. The van der Waals surface area contributed by atoms with Crippen LogP contribution >= 0.6 is 34.5 Å². The highest BCUT2D eigenvalue weighted by Gasteiger charge is 2.37. The first-order valence-corrected chi connectivity index (χ1v) is 12.2. The number of hydrogen-bond donors (Lipinski definition) is 0. The Kier molecular flexibility index (Phi) is 6.51. The van der Waals surface area contributed by atoms with E-state index in [0.717, 1.165) is 17.6 Å². The van der Waals surface area contributed by atoms with Gasteiger partial charge in [-0.25, -0.2) is 18.4 Å². The summed E-state index contributed by atoms with van der Waals surface area (Å²) in [6.45, 7) is 0.531. The predicted molar refractivity (Wildman–Crippen MR) is 114 cm³/mol. The van der Waals surface area contributed by atoms with Crippen molar-refractivity contribution >= 4 is 56.2 Å². The van der Waals surface area contributed by atoms with Gasteiger partial charge in [0.05, 0.1) is 29.2 Å². The number of hydrazine groups is 1. The Morgan fingerprint density at radius 2 is 1.70 bits per heavy atom. The van der Waals surface area contributed by atoms with Crippen LogP contribution in [0.15, 0.2) is 22.4 Å². The molecule has 8 nitrogen and oxygen atoms in total. The van der Waals surface area contributed by atoms with E-state index in [1.807, 2.05) is 0 Å². The molecule has 2 amide bonds. The van der Waals surface area contributed by atoms with Crippen LogP contribution in [0.2, 0.25) is 10.0 Å². The zero-order chi connectivity index (χ0) is 22.2. The zero-order valence-corrected chi connectivity index (χ0v) is 19.4. The third-order valence-electron chi connectivity index (χ3n) is 4.50. The molecule has 0 saturated carbocycles. The van der Waals surface area contributed by atoms with Crippen LogP contribution in [0.3, 0.4) is 0 Å². The first kappa shape index (κ1) is 22.7. The van der Waals surface area contributed by atoms with E-state index in [9.17, 15) is 18.0 Å². The van der Waals surface area contributed by atoms with Gasteiger partial charge in [-0.3, -0.25) is 9.59 Å². The second-order valence-electron chi connectivity index (χ2n) is 6.38. The highest BCUT2D eigenvalue weighted by molar-refractivity contribution is 7.91. The summed E-state index contributed by atoms with van der Waals surface area (Å²) in [6.07, 6.45) is 1.54. The second-order valence-corrected chi connectivity index (χ2v) is 10.0. The van der Waals surface area contributed by atoms with E-state index >= 15 is 0 Å². The number of thiophene rings is 1. The third-order valence-corrected chi connectivity index (χ3v) is 7.66. The van der Waals surface area contributed by atoms with Gasteiger partial charge in [-0.05, 0) is 18.6 Å². The minimum Gasteiger partial charge on any atom is -0.496 e. The maximum absolute atomic E-state index is 13.3. The molecule has 1 saturated heterocycles. The number of benzene rings is 1. The van der Waals surface area contributed by atoms with Crippen LogP contribution in [0.4, 0.5) is 0 Å². The van der Waals surface area contributed by atoms with Gasteiger partial charge in [0, 0.05) is 24.7 Å². The number of hydrogen-bond acceptors (Lipinski definition) is 7. The molecule has 0 spiro atoms. The van der Waals surface area contributed by atoms with E-state index in [2.05, 4.69) is 0 Å². The van der Waals surface area contributed by atoms with Crippen LogP contribution in [0.25, 0.3) is 0 Å². The second kappa shape index (κ2) is 8.62. The Balaban J connectivity index is 2.00. The molecule has 162 valence electrons. The van der Waals surface area contributed by atoms with Gasteiger partial charge in [0.15, 0.2) is 15.6 Å². The van der Waals surface area contributed by atoms with Gasteiger partial charge in [0.25, 0.3) is 11.8 Å². The summed E-state index contributed by atoms with van der Waals surface area (Å²) in [4.78, 5) is 26.4. The number of sulfone groups is 1. The molecule has 1 aromatic heterocycles. The molecule has 0 bridgehead atoms. The van der Waals surface area contributed by atoms with E-state index in [1.165, 1.54) is 35.7 Å². The maximum Gasteiger partial charge on any atom is 0.284 e. The normalized spacial score (nSPS) is 14.2. The zero-order valence-electron chi connectivity index (χ0n) is 16.3. The van der Waals surface area contributed by atoms with Crippen LogP contribution in [-0.2, 0) is 9.84 Å². The van der Waals surface area contributed by atoms with E-state index in [4.69, 9.17) is 32.7 Å². The molecule has 1 aliphatic rings. The summed E-state index contributed by atoms with van der Waals surface area (Å²) >= 11 is 13.2. The Morgan fingerprint density at radius 1 is 1.07 bits per heavy atom. The lowest BCUT2D eigenvalue weighted by Crippen LogP contribution is -2.45. The van der Waals surface area contributed by atoms with Crippen molar-refractivity contribution < 1.29 is 27.5 Å². The quantitative estimate of drug-likeness (QED) is 0.634. The Hall–Kier alpha value is -2.01. The Labute approximate surface area is 187 Å². The van der Waals surface area contributed by atoms with E-state index < -0.39 is 21.7 Å². The van der Waals surface area contributed by atoms with E-state index in [-0.39, 0.29) is 50.0 Å². The lowest BCUT2D eigenvalue weighted by Gasteiger charge is -2.28. The van der Waals surface area contributed by atoms with Crippen molar-refractivity contribution in [3.63, 3.8) is 0 Å². The molecular formula is C18H18Cl2N2O6S2. The van der Waals surface area contributed by atoms with Crippen LogP contribution in [0.1, 0.15) is 26.5 Å². The average Bonchev–Trinajstić information content (AvgIpc) is 3.33. The van der Waals surface area contributed by atoms with Crippen molar-refractivity contribution in [2.75, 3.05) is 33.6 Å². The molecule has 0 atom stereocenters. The third kappa shape index (κ3) is 3.96. The predicted octanol–water partition coefficient (Wildman–Crippen LogP) is 3.38. The molecule has 2 heterocycles. The van der Waals surface area contributed by atoms with Gasteiger partial charge in [-0.2, -0.15) is 0 Å². The summed E-state index contributed by atoms with van der Waals surface area (Å²) in [6, 6.07) is 3.08. The van der Waals surface area contributed by atoms with Crippen molar-refractivity contribution in [2.45, 2.75) is 11.3 Å². The number of rotatable bonds is 5.